The van der Waals surface area contributed by atoms with Gasteiger partial charge in [-0.25, -0.2) is 0 Å². The molecule has 0 amide bonds. The zero-order chi connectivity index (χ0) is 7.90. The first kappa shape index (κ1) is 10.3. The van der Waals surface area contributed by atoms with Gasteiger partial charge in [-0.15, -0.1) is 12.4 Å². The number of hydrogen-bond donors (Lipinski definition) is 2. The van der Waals surface area contributed by atoms with Crippen molar-refractivity contribution in [2.75, 3.05) is 6.54 Å². The maximum absolute atomic E-state index is 10.1. The van der Waals surface area contributed by atoms with Crippen molar-refractivity contribution < 1.29 is 5.11 Å². The maximum atomic E-state index is 10.1. The third-order valence-corrected chi connectivity index (χ3v) is 3.52. The minimum Gasteiger partial charge on any atom is -0.390 e. The van der Waals surface area contributed by atoms with Crippen molar-refractivity contribution in [3.8, 4) is 0 Å². The average molecular weight is 192 g/mol. The molecule has 12 heavy (non-hydrogen) atoms. The molecule has 72 valence electrons. The standard InChI is InChI=1S/C9H17NO.ClH/c10-4-3-9(11)6-7-1-2-8(9)5-7;/h7-8,11H,1-6,10H2;1H. The van der Waals surface area contributed by atoms with Gasteiger partial charge in [0.15, 0.2) is 0 Å². The van der Waals surface area contributed by atoms with Crippen LogP contribution in [0.2, 0.25) is 0 Å². The van der Waals surface area contributed by atoms with E-state index in [9.17, 15) is 5.11 Å². The van der Waals surface area contributed by atoms with E-state index in [1.807, 2.05) is 0 Å². The molecule has 3 N–H and O–H groups in total. The molecule has 0 radical (unpaired) electrons. The number of fused-ring (bicyclic) bond motifs is 2. The molecule has 0 heterocycles. The van der Waals surface area contributed by atoms with Crippen LogP contribution in [0, 0.1) is 11.8 Å². The smallest absolute Gasteiger partial charge is 0.0690 e. The van der Waals surface area contributed by atoms with Gasteiger partial charge >= 0.3 is 0 Å². The lowest BCUT2D eigenvalue weighted by molar-refractivity contribution is -0.0182. The van der Waals surface area contributed by atoms with Crippen molar-refractivity contribution in [3.05, 3.63) is 0 Å². The highest BCUT2D eigenvalue weighted by atomic mass is 35.5. The molecule has 0 spiro atoms. The number of rotatable bonds is 2. The highest BCUT2D eigenvalue weighted by molar-refractivity contribution is 5.85. The van der Waals surface area contributed by atoms with Gasteiger partial charge in [-0.2, -0.15) is 0 Å². The lowest BCUT2D eigenvalue weighted by Gasteiger charge is -2.31. The minimum atomic E-state index is -0.363. The Bertz CT molecular complexity index is 165. The third kappa shape index (κ3) is 1.48. The van der Waals surface area contributed by atoms with Crippen molar-refractivity contribution in [3.63, 3.8) is 0 Å². The molecule has 0 saturated heterocycles. The van der Waals surface area contributed by atoms with E-state index < -0.39 is 0 Å². The molecule has 2 fully saturated rings. The molecule has 3 atom stereocenters. The summed E-state index contributed by atoms with van der Waals surface area (Å²) in [6.07, 6.45) is 5.68. The van der Waals surface area contributed by atoms with Crippen molar-refractivity contribution >= 4 is 12.4 Å². The van der Waals surface area contributed by atoms with E-state index >= 15 is 0 Å². The summed E-state index contributed by atoms with van der Waals surface area (Å²) in [7, 11) is 0. The zero-order valence-corrected chi connectivity index (χ0v) is 8.15. The Hall–Kier alpha value is 0.210. The second kappa shape index (κ2) is 3.52. The van der Waals surface area contributed by atoms with E-state index in [4.69, 9.17) is 5.73 Å². The van der Waals surface area contributed by atoms with Crippen LogP contribution < -0.4 is 5.73 Å². The Kier molecular flexibility index (Phi) is 3.02. The molecule has 3 unspecified atom stereocenters. The first-order valence-corrected chi connectivity index (χ1v) is 4.67. The first-order chi connectivity index (χ1) is 5.24. The third-order valence-electron chi connectivity index (χ3n) is 3.52. The predicted molar refractivity (Wildman–Crippen MR) is 51.3 cm³/mol. The molecule has 2 nitrogen and oxygen atoms in total. The van der Waals surface area contributed by atoms with Crippen LogP contribution in [0.1, 0.15) is 32.1 Å². The zero-order valence-electron chi connectivity index (χ0n) is 7.33. The van der Waals surface area contributed by atoms with Crippen LogP contribution in [0.25, 0.3) is 0 Å². The Balaban J connectivity index is 0.000000720. The van der Waals surface area contributed by atoms with Gasteiger partial charge in [-0.05, 0) is 50.5 Å². The fourth-order valence-electron chi connectivity index (χ4n) is 2.97. The van der Waals surface area contributed by atoms with Gasteiger partial charge in [0.2, 0.25) is 0 Å². The van der Waals surface area contributed by atoms with Gasteiger partial charge in [-0.1, -0.05) is 0 Å². The van der Waals surface area contributed by atoms with E-state index in [1.54, 1.807) is 0 Å². The lowest BCUT2D eigenvalue weighted by atomic mass is 9.82. The highest BCUT2D eigenvalue weighted by Crippen LogP contribution is 2.51. The monoisotopic (exact) mass is 191 g/mol. The minimum absolute atomic E-state index is 0. The van der Waals surface area contributed by atoms with Gasteiger partial charge in [0.25, 0.3) is 0 Å². The van der Waals surface area contributed by atoms with Crippen molar-refractivity contribution in [1.29, 1.82) is 0 Å². The van der Waals surface area contributed by atoms with Crippen LogP contribution in [0.5, 0.6) is 0 Å². The second-order valence-electron chi connectivity index (χ2n) is 4.22. The molecule has 2 bridgehead atoms. The van der Waals surface area contributed by atoms with Gasteiger partial charge in [0.1, 0.15) is 0 Å². The van der Waals surface area contributed by atoms with E-state index in [1.165, 1.54) is 19.3 Å². The molecule has 2 saturated carbocycles. The maximum Gasteiger partial charge on any atom is 0.0690 e. The van der Waals surface area contributed by atoms with Crippen molar-refractivity contribution in [2.24, 2.45) is 17.6 Å². The van der Waals surface area contributed by atoms with Crippen LogP contribution in [0.15, 0.2) is 0 Å². The van der Waals surface area contributed by atoms with E-state index in [-0.39, 0.29) is 18.0 Å². The first-order valence-electron chi connectivity index (χ1n) is 4.67. The van der Waals surface area contributed by atoms with Crippen molar-refractivity contribution in [1.82, 2.24) is 0 Å². The molecule has 0 aromatic carbocycles. The van der Waals surface area contributed by atoms with Crippen LogP contribution in [0.3, 0.4) is 0 Å². The molecule has 2 aliphatic rings. The second-order valence-corrected chi connectivity index (χ2v) is 4.22. The molecule has 0 aromatic heterocycles. The molecule has 0 aromatic rings. The largest absolute Gasteiger partial charge is 0.390 e. The topological polar surface area (TPSA) is 46.2 Å². The molecule has 3 heteroatoms. The Labute approximate surface area is 79.9 Å². The number of halogens is 1. The van der Waals surface area contributed by atoms with Gasteiger partial charge in [-0.3, -0.25) is 0 Å². The fraction of sp³-hybridized carbons (Fsp3) is 1.00. The summed E-state index contributed by atoms with van der Waals surface area (Å²) in [4.78, 5) is 0. The quantitative estimate of drug-likeness (QED) is 0.692. The fourth-order valence-corrected chi connectivity index (χ4v) is 2.97. The van der Waals surface area contributed by atoms with Crippen molar-refractivity contribution in [2.45, 2.75) is 37.7 Å². The summed E-state index contributed by atoms with van der Waals surface area (Å²) >= 11 is 0. The summed E-state index contributed by atoms with van der Waals surface area (Å²) in [6, 6.07) is 0. The van der Waals surface area contributed by atoms with Crippen LogP contribution >= 0.6 is 12.4 Å². The van der Waals surface area contributed by atoms with Crippen LogP contribution in [-0.2, 0) is 0 Å². The van der Waals surface area contributed by atoms with Gasteiger partial charge < -0.3 is 10.8 Å². The van der Waals surface area contributed by atoms with Crippen LogP contribution in [-0.4, -0.2) is 17.3 Å². The summed E-state index contributed by atoms with van der Waals surface area (Å²) in [5.41, 5.74) is 5.10. The van der Waals surface area contributed by atoms with Gasteiger partial charge in [0.05, 0.1) is 5.60 Å². The molecule has 0 aliphatic heterocycles. The van der Waals surface area contributed by atoms with Gasteiger partial charge in [0, 0.05) is 0 Å². The predicted octanol–water partition coefficient (Wildman–Crippen LogP) is 1.31. The Morgan fingerprint density at radius 3 is 2.58 bits per heavy atom. The summed E-state index contributed by atoms with van der Waals surface area (Å²) in [5.74, 6) is 1.40. The summed E-state index contributed by atoms with van der Waals surface area (Å²) in [6.45, 7) is 0.639. The number of nitrogens with two attached hydrogens (primary N) is 1. The SMILES string of the molecule is Cl.NCCC1(O)CC2CCC1C2. The van der Waals surface area contributed by atoms with E-state index in [2.05, 4.69) is 0 Å². The molecular formula is C9H18ClNO. The normalized spacial score (nSPS) is 44.5. The summed E-state index contributed by atoms with van der Waals surface area (Å²) < 4.78 is 0. The van der Waals surface area contributed by atoms with E-state index in [0.29, 0.717) is 12.5 Å². The van der Waals surface area contributed by atoms with Crippen LogP contribution in [0.4, 0.5) is 0 Å². The molecule has 2 rings (SSSR count). The average Bonchev–Trinajstić information content (AvgIpc) is 2.45. The lowest BCUT2D eigenvalue weighted by Crippen LogP contribution is -2.37. The molecular weight excluding hydrogens is 174 g/mol. The van der Waals surface area contributed by atoms with E-state index in [0.717, 1.165) is 18.8 Å². The number of aliphatic hydroxyl groups is 1. The highest BCUT2D eigenvalue weighted by Gasteiger charge is 2.48. The Morgan fingerprint density at radius 2 is 2.17 bits per heavy atom. The summed E-state index contributed by atoms with van der Waals surface area (Å²) in [5, 5.41) is 10.1. The molecule has 2 aliphatic carbocycles. The Morgan fingerprint density at radius 1 is 1.42 bits per heavy atom. The number of hydrogen-bond acceptors (Lipinski definition) is 2.